The molecule has 0 amide bonds. The van der Waals surface area contributed by atoms with Gasteiger partial charge in [-0.3, -0.25) is 9.59 Å². The molecule has 1 atom stereocenters. The number of aryl methyl sites for hydroxylation is 2. The lowest BCUT2D eigenvalue weighted by atomic mass is 10.0. The molecular weight excluding hydrogens is 819 g/mol. The summed E-state index contributed by atoms with van der Waals surface area (Å²) in [5.41, 5.74) is 0. The van der Waals surface area contributed by atoms with Crippen molar-refractivity contribution in [1.82, 2.24) is 14.5 Å². The lowest BCUT2D eigenvalue weighted by Crippen LogP contribution is -2.34. The van der Waals surface area contributed by atoms with Gasteiger partial charge in [-0.2, -0.15) is 0 Å². The van der Waals surface area contributed by atoms with E-state index in [2.05, 4.69) is 55.3 Å². The summed E-state index contributed by atoms with van der Waals surface area (Å²) < 4.78 is 14.4. The fraction of sp³-hybridized carbons (Fsp3) is 0.914. The highest BCUT2D eigenvalue weighted by Crippen LogP contribution is 2.21. The molecule has 1 N–H and O–H groups in total. The molecule has 8 heteroatoms. The van der Waals surface area contributed by atoms with E-state index in [0.29, 0.717) is 19.4 Å². The highest BCUT2D eigenvalue weighted by molar-refractivity contribution is 5.69. The van der Waals surface area contributed by atoms with Crippen LogP contribution in [0.15, 0.2) is 12.4 Å². The molecule has 0 bridgehead atoms. The quantitative estimate of drug-likeness (QED) is 0.0514. The van der Waals surface area contributed by atoms with Crippen molar-refractivity contribution < 1.29 is 24.2 Å². The SMILES string of the molecule is CCCCCCCCC(CCCCCCCC)OC(=O)CCCCCCCN(CCCn1ccnc1CC)CC(O)CCCCCC(=O)OC(CCCCCCCC)CCCCCCCC. The fourth-order valence-corrected chi connectivity index (χ4v) is 9.59. The van der Waals surface area contributed by atoms with Crippen LogP contribution in [0.3, 0.4) is 0 Å². The van der Waals surface area contributed by atoms with Gasteiger partial charge in [0.15, 0.2) is 0 Å². The first-order chi connectivity index (χ1) is 32.4. The standard InChI is InChI=1S/C58H111N3O5/c1-6-11-15-19-24-32-41-54(42-33-25-20-16-12-7-2)65-57(63)45-36-28-23-29-38-48-60(49-39-50-61-51-47-59-56(61)10-5)52-53(62)40-31-30-37-46-58(64)66-55(43-34-26-21-17-13-8-3)44-35-27-22-18-14-9-4/h47,51,53-55,62H,6-46,48-50,52H2,1-5H3. The molecule has 0 aliphatic rings. The Bertz CT molecular complexity index is 1160. The Morgan fingerprint density at radius 2 is 0.864 bits per heavy atom. The molecule has 66 heavy (non-hydrogen) atoms. The van der Waals surface area contributed by atoms with Crippen LogP contribution in [0, 0.1) is 0 Å². The van der Waals surface area contributed by atoms with E-state index >= 15 is 0 Å². The number of carbonyl (C=O) groups excluding carboxylic acids is 2. The van der Waals surface area contributed by atoms with Crippen LogP contribution in [0.4, 0.5) is 0 Å². The maximum atomic E-state index is 12.9. The molecule has 0 radical (unpaired) electrons. The molecule has 0 fully saturated rings. The molecule has 8 nitrogen and oxygen atoms in total. The zero-order valence-electron chi connectivity index (χ0n) is 44.6. The van der Waals surface area contributed by atoms with Gasteiger partial charge in [0.1, 0.15) is 18.0 Å². The van der Waals surface area contributed by atoms with Crippen molar-refractivity contribution in [2.75, 3.05) is 19.6 Å². The number of nitrogens with zero attached hydrogens (tertiary/aromatic N) is 3. The molecule has 1 heterocycles. The van der Waals surface area contributed by atoms with Crippen LogP contribution in [0.25, 0.3) is 0 Å². The number of imidazole rings is 1. The van der Waals surface area contributed by atoms with Crippen molar-refractivity contribution in [2.45, 2.75) is 323 Å². The highest BCUT2D eigenvalue weighted by Gasteiger charge is 2.17. The summed E-state index contributed by atoms with van der Waals surface area (Å²) in [5.74, 6) is 1.11. The summed E-state index contributed by atoms with van der Waals surface area (Å²) in [6, 6.07) is 0. The van der Waals surface area contributed by atoms with Gasteiger partial charge in [-0.05, 0) is 96.6 Å². The van der Waals surface area contributed by atoms with Crippen molar-refractivity contribution in [3.8, 4) is 0 Å². The molecule has 1 aromatic heterocycles. The second-order valence-corrected chi connectivity index (χ2v) is 20.3. The number of ether oxygens (including phenoxy) is 2. The van der Waals surface area contributed by atoms with Crippen molar-refractivity contribution in [1.29, 1.82) is 0 Å². The van der Waals surface area contributed by atoms with Crippen LogP contribution in [0.5, 0.6) is 0 Å². The van der Waals surface area contributed by atoms with Crippen LogP contribution < -0.4 is 0 Å². The number of aliphatic hydroxyl groups excluding tert-OH is 1. The second kappa shape index (κ2) is 46.8. The van der Waals surface area contributed by atoms with Gasteiger partial charge < -0.3 is 24.0 Å². The number of hydrogen-bond donors (Lipinski definition) is 1. The lowest BCUT2D eigenvalue weighted by Gasteiger charge is -2.25. The van der Waals surface area contributed by atoms with Crippen LogP contribution >= 0.6 is 0 Å². The van der Waals surface area contributed by atoms with Gasteiger partial charge in [0.25, 0.3) is 0 Å². The third-order valence-corrected chi connectivity index (χ3v) is 13.8. The van der Waals surface area contributed by atoms with E-state index in [1.165, 1.54) is 141 Å². The minimum absolute atomic E-state index is 0.00688. The Morgan fingerprint density at radius 1 is 0.500 bits per heavy atom. The first-order valence-corrected chi connectivity index (χ1v) is 29.2. The van der Waals surface area contributed by atoms with Crippen molar-refractivity contribution in [3.05, 3.63) is 18.2 Å². The summed E-state index contributed by atoms with van der Waals surface area (Å²) >= 11 is 0. The van der Waals surface area contributed by atoms with E-state index in [1.54, 1.807) is 0 Å². The molecule has 0 spiro atoms. The minimum atomic E-state index is -0.368. The summed E-state index contributed by atoms with van der Waals surface area (Å²) in [6.45, 7) is 14.8. The molecule has 0 aliphatic heterocycles. The summed E-state index contributed by atoms with van der Waals surface area (Å²) in [4.78, 5) is 32.8. The predicted molar refractivity (Wildman–Crippen MR) is 281 cm³/mol. The van der Waals surface area contributed by atoms with E-state index in [1.807, 2.05) is 6.20 Å². The molecule has 0 aliphatic carbocycles. The molecule has 1 aromatic rings. The average molecular weight is 931 g/mol. The Balaban J connectivity index is 2.50. The largest absolute Gasteiger partial charge is 0.462 e. The third kappa shape index (κ3) is 38.0. The molecule has 1 unspecified atom stereocenters. The zero-order chi connectivity index (χ0) is 48.0. The molecule has 1 rings (SSSR count). The number of esters is 2. The van der Waals surface area contributed by atoms with Crippen molar-refractivity contribution in [2.24, 2.45) is 0 Å². The van der Waals surface area contributed by atoms with Gasteiger partial charge in [0.05, 0.1) is 6.10 Å². The van der Waals surface area contributed by atoms with E-state index in [0.717, 1.165) is 135 Å². The molecule has 0 saturated heterocycles. The Morgan fingerprint density at radius 3 is 1.30 bits per heavy atom. The van der Waals surface area contributed by atoms with Crippen LogP contribution in [-0.4, -0.2) is 69.4 Å². The van der Waals surface area contributed by atoms with E-state index in [4.69, 9.17) is 9.47 Å². The summed E-state index contributed by atoms with van der Waals surface area (Å²) in [5, 5.41) is 11.2. The third-order valence-electron chi connectivity index (χ3n) is 13.8. The number of rotatable bonds is 51. The molecule has 0 aromatic carbocycles. The number of unbranched alkanes of at least 4 members (excludes halogenated alkanes) is 26. The van der Waals surface area contributed by atoms with Gasteiger partial charge in [-0.25, -0.2) is 4.98 Å². The maximum Gasteiger partial charge on any atom is 0.306 e. The van der Waals surface area contributed by atoms with Gasteiger partial charge in [-0.15, -0.1) is 0 Å². The van der Waals surface area contributed by atoms with Gasteiger partial charge in [0.2, 0.25) is 0 Å². The smallest absolute Gasteiger partial charge is 0.306 e. The van der Waals surface area contributed by atoms with Crippen molar-refractivity contribution >= 4 is 11.9 Å². The van der Waals surface area contributed by atoms with Crippen LogP contribution in [-0.2, 0) is 32.0 Å². The number of aliphatic hydroxyl groups is 1. The monoisotopic (exact) mass is 930 g/mol. The van der Waals surface area contributed by atoms with Gasteiger partial charge in [0, 0.05) is 44.7 Å². The fourth-order valence-electron chi connectivity index (χ4n) is 9.59. The minimum Gasteiger partial charge on any atom is -0.462 e. The Kier molecular flexibility index (Phi) is 44.0. The number of aromatic nitrogens is 2. The average Bonchev–Trinajstić information content (AvgIpc) is 3.77. The van der Waals surface area contributed by atoms with E-state index in [9.17, 15) is 14.7 Å². The van der Waals surface area contributed by atoms with Gasteiger partial charge >= 0.3 is 11.9 Å². The molecular formula is C58H111N3O5. The Hall–Kier alpha value is -1.93. The van der Waals surface area contributed by atoms with E-state index in [-0.39, 0.29) is 30.3 Å². The van der Waals surface area contributed by atoms with E-state index < -0.39 is 0 Å². The predicted octanol–water partition coefficient (Wildman–Crippen LogP) is 16.6. The normalized spacial score (nSPS) is 12.3. The summed E-state index contributed by atoms with van der Waals surface area (Å²) in [6.07, 6.45) is 50.1. The van der Waals surface area contributed by atoms with Crippen LogP contribution in [0.2, 0.25) is 0 Å². The second-order valence-electron chi connectivity index (χ2n) is 20.3. The van der Waals surface area contributed by atoms with Crippen LogP contribution in [0.1, 0.15) is 297 Å². The molecule has 0 saturated carbocycles. The molecule has 388 valence electrons. The number of carbonyl (C=O) groups is 2. The topological polar surface area (TPSA) is 93.9 Å². The first-order valence-electron chi connectivity index (χ1n) is 29.2. The Labute approximate surface area is 409 Å². The highest BCUT2D eigenvalue weighted by atomic mass is 16.5. The lowest BCUT2D eigenvalue weighted by molar-refractivity contribution is -0.151. The van der Waals surface area contributed by atoms with Crippen molar-refractivity contribution in [3.63, 3.8) is 0 Å². The van der Waals surface area contributed by atoms with Gasteiger partial charge in [-0.1, -0.05) is 195 Å². The maximum absolute atomic E-state index is 12.9. The first kappa shape index (κ1) is 62.1. The summed E-state index contributed by atoms with van der Waals surface area (Å²) in [7, 11) is 0. The number of hydrogen-bond acceptors (Lipinski definition) is 7. The zero-order valence-corrected chi connectivity index (χ0v) is 44.6.